The lowest BCUT2D eigenvalue weighted by Crippen LogP contribution is -2.24. The third-order valence-corrected chi connectivity index (χ3v) is 2.80. The van der Waals surface area contributed by atoms with Gasteiger partial charge >= 0.3 is 0 Å². The molecule has 0 radical (unpaired) electrons. The second kappa shape index (κ2) is 4.55. The van der Waals surface area contributed by atoms with E-state index in [0.717, 1.165) is 31.7 Å². The molecule has 15 heavy (non-hydrogen) atoms. The van der Waals surface area contributed by atoms with Gasteiger partial charge in [-0.2, -0.15) is 0 Å². The number of hydrogen-bond acceptors (Lipinski definition) is 5. The van der Waals surface area contributed by atoms with E-state index in [2.05, 4.69) is 14.9 Å². The number of β-amino-alcohol motifs (C(OH)–C–C–N with tert-alkyl or cyclic N) is 1. The second-order valence-electron chi connectivity index (χ2n) is 3.85. The van der Waals surface area contributed by atoms with Crippen LogP contribution < -0.4 is 5.73 Å². The van der Waals surface area contributed by atoms with Gasteiger partial charge in [-0.3, -0.25) is 0 Å². The van der Waals surface area contributed by atoms with Crippen molar-refractivity contribution < 1.29 is 5.11 Å². The number of nitrogens with two attached hydrogens (primary N) is 1. The molecule has 1 aromatic heterocycles. The molecule has 1 aliphatic heterocycles. The molecule has 5 heteroatoms. The minimum Gasteiger partial charge on any atom is -0.395 e. The molecule has 2 rings (SSSR count). The number of nitrogen functional groups attached to an aromatic ring is 1. The molecule has 0 unspecified atom stereocenters. The quantitative estimate of drug-likeness (QED) is 0.722. The smallest absolute Gasteiger partial charge is 0.220 e. The molecule has 0 aromatic carbocycles. The van der Waals surface area contributed by atoms with Crippen molar-refractivity contribution in [2.75, 3.05) is 32.0 Å². The Bertz CT molecular complexity index is 331. The lowest BCUT2D eigenvalue weighted by molar-refractivity contribution is 0.220. The van der Waals surface area contributed by atoms with Crippen LogP contribution in [0, 0.1) is 0 Å². The normalized spacial score (nSPS) is 22.1. The van der Waals surface area contributed by atoms with Crippen LogP contribution >= 0.6 is 0 Å². The van der Waals surface area contributed by atoms with Crippen molar-refractivity contribution in [3.8, 4) is 0 Å². The Morgan fingerprint density at radius 3 is 3.20 bits per heavy atom. The van der Waals surface area contributed by atoms with Crippen molar-refractivity contribution in [3.05, 3.63) is 18.0 Å². The molecular weight excluding hydrogens is 192 g/mol. The van der Waals surface area contributed by atoms with Gasteiger partial charge in [0, 0.05) is 25.2 Å². The van der Waals surface area contributed by atoms with Crippen LogP contribution in [0.1, 0.15) is 18.0 Å². The van der Waals surface area contributed by atoms with Crippen molar-refractivity contribution >= 4 is 5.95 Å². The van der Waals surface area contributed by atoms with Crippen molar-refractivity contribution in [1.29, 1.82) is 0 Å². The second-order valence-corrected chi connectivity index (χ2v) is 3.85. The van der Waals surface area contributed by atoms with E-state index in [1.807, 2.05) is 6.07 Å². The third-order valence-electron chi connectivity index (χ3n) is 2.80. The zero-order chi connectivity index (χ0) is 10.7. The number of anilines is 1. The van der Waals surface area contributed by atoms with E-state index in [4.69, 9.17) is 10.8 Å². The Hall–Kier alpha value is -1.20. The average Bonchev–Trinajstić information content (AvgIpc) is 2.67. The predicted molar refractivity (Wildman–Crippen MR) is 57.3 cm³/mol. The van der Waals surface area contributed by atoms with Crippen molar-refractivity contribution in [2.45, 2.75) is 12.3 Å². The van der Waals surface area contributed by atoms with Crippen LogP contribution in [0.2, 0.25) is 0 Å². The molecular formula is C10H16N4O. The van der Waals surface area contributed by atoms with Crippen LogP contribution in [0.4, 0.5) is 5.95 Å². The molecule has 0 amide bonds. The topological polar surface area (TPSA) is 75.3 Å². The fourth-order valence-electron chi connectivity index (χ4n) is 2.03. The molecule has 1 saturated heterocycles. The van der Waals surface area contributed by atoms with Gasteiger partial charge in [0.2, 0.25) is 5.95 Å². The van der Waals surface area contributed by atoms with Gasteiger partial charge in [0.1, 0.15) is 0 Å². The molecule has 1 atom stereocenters. The Morgan fingerprint density at radius 1 is 1.60 bits per heavy atom. The molecule has 1 fully saturated rings. The van der Waals surface area contributed by atoms with Crippen molar-refractivity contribution in [1.82, 2.24) is 14.9 Å². The summed E-state index contributed by atoms with van der Waals surface area (Å²) in [6, 6.07) is 1.92. The highest BCUT2D eigenvalue weighted by Gasteiger charge is 2.24. The SMILES string of the molecule is Nc1nccc([C@H]2CCN(CCO)C2)n1. The molecule has 82 valence electrons. The Morgan fingerprint density at radius 2 is 2.47 bits per heavy atom. The molecule has 0 bridgehead atoms. The summed E-state index contributed by atoms with van der Waals surface area (Å²) in [5.74, 6) is 0.773. The van der Waals surface area contributed by atoms with Crippen LogP contribution in [0.5, 0.6) is 0 Å². The van der Waals surface area contributed by atoms with E-state index < -0.39 is 0 Å². The highest BCUT2D eigenvalue weighted by Crippen LogP contribution is 2.25. The Kier molecular flexibility index (Phi) is 3.13. The summed E-state index contributed by atoms with van der Waals surface area (Å²) < 4.78 is 0. The van der Waals surface area contributed by atoms with E-state index >= 15 is 0 Å². The number of hydrogen-bond donors (Lipinski definition) is 2. The van der Waals surface area contributed by atoms with Gasteiger partial charge in [0.05, 0.1) is 12.3 Å². The first kappa shape index (κ1) is 10.3. The van der Waals surface area contributed by atoms with E-state index in [-0.39, 0.29) is 6.61 Å². The lowest BCUT2D eigenvalue weighted by atomic mass is 10.1. The standard InChI is InChI=1S/C10H16N4O/c11-10-12-3-1-9(13-10)8-2-4-14(7-8)5-6-15/h1,3,8,15H,2,4-7H2,(H2,11,12,13)/t8-/m0/s1. The Balaban J connectivity index is 2.01. The summed E-state index contributed by atoms with van der Waals surface area (Å²) in [5.41, 5.74) is 6.56. The number of aromatic nitrogens is 2. The first-order chi connectivity index (χ1) is 7.29. The molecule has 1 aliphatic rings. The molecule has 3 N–H and O–H groups in total. The van der Waals surface area contributed by atoms with Crippen LogP contribution in [0.25, 0.3) is 0 Å². The van der Waals surface area contributed by atoms with Crippen molar-refractivity contribution in [2.24, 2.45) is 0 Å². The maximum Gasteiger partial charge on any atom is 0.220 e. The van der Waals surface area contributed by atoms with Crippen molar-refractivity contribution in [3.63, 3.8) is 0 Å². The van der Waals surface area contributed by atoms with Crippen LogP contribution in [-0.4, -0.2) is 46.2 Å². The van der Waals surface area contributed by atoms with Gasteiger partial charge in [-0.15, -0.1) is 0 Å². The van der Waals surface area contributed by atoms with Gasteiger partial charge in [-0.25, -0.2) is 9.97 Å². The number of aliphatic hydroxyl groups excluding tert-OH is 1. The molecule has 0 aliphatic carbocycles. The molecule has 2 heterocycles. The predicted octanol–water partition coefficient (Wildman–Crippen LogP) is -0.160. The molecule has 1 aromatic rings. The summed E-state index contributed by atoms with van der Waals surface area (Å²) in [4.78, 5) is 10.3. The highest BCUT2D eigenvalue weighted by atomic mass is 16.3. The van der Waals surface area contributed by atoms with Gasteiger partial charge in [0.25, 0.3) is 0 Å². The summed E-state index contributed by atoms with van der Waals surface area (Å²) in [5, 5.41) is 8.84. The van der Waals surface area contributed by atoms with E-state index in [1.165, 1.54) is 0 Å². The number of aliphatic hydroxyl groups is 1. The summed E-state index contributed by atoms with van der Waals surface area (Å²) in [7, 11) is 0. The van der Waals surface area contributed by atoms with Gasteiger partial charge in [-0.05, 0) is 19.0 Å². The first-order valence-corrected chi connectivity index (χ1v) is 5.21. The minimum absolute atomic E-state index is 0.221. The van der Waals surface area contributed by atoms with E-state index in [9.17, 15) is 0 Å². The first-order valence-electron chi connectivity index (χ1n) is 5.21. The average molecular weight is 208 g/mol. The summed E-state index contributed by atoms with van der Waals surface area (Å²) in [6.07, 6.45) is 2.78. The number of nitrogens with zero attached hydrogens (tertiary/aromatic N) is 3. The van der Waals surface area contributed by atoms with Crippen LogP contribution in [-0.2, 0) is 0 Å². The maximum absolute atomic E-state index is 8.84. The van der Waals surface area contributed by atoms with Gasteiger partial charge in [-0.1, -0.05) is 0 Å². The van der Waals surface area contributed by atoms with E-state index in [0.29, 0.717) is 11.9 Å². The largest absolute Gasteiger partial charge is 0.395 e. The molecule has 5 nitrogen and oxygen atoms in total. The molecule has 0 spiro atoms. The van der Waals surface area contributed by atoms with Crippen LogP contribution in [0.15, 0.2) is 12.3 Å². The zero-order valence-corrected chi connectivity index (χ0v) is 8.63. The lowest BCUT2D eigenvalue weighted by Gasteiger charge is -2.13. The minimum atomic E-state index is 0.221. The number of rotatable bonds is 3. The Labute approximate surface area is 88.9 Å². The van der Waals surface area contributed by atoms with Gasteiger partial charge < -0.3 is 15.7 Å². The number of likely N-dealkylation sites (tertiary alicyclic amines) is 1. The molecule has 0 saturated carbocycles. The maximum atomic E-state index is 8.84. The summed E-state index contributed by atoms with van der Waals surface area (Å²) >= 11 is 0. The monoisotopic (exact) mass is 208 g/mol. The summed E-state index contributed by atoms with van der Waals surface area (Å²) in [6.45, 7) is 2.95. The highest BCUT2D eigenvalue weighted by molar-refractivity contribution is 5.20. The fourth-order valence-corrected chi connectivity index (χ4v) is 2.03. The third kappa shape index (κ3) is 2.43. The zero-order valence-electron chi connectivity index (χ0n) is 8.63. The fraction of sp³-hybridized carbons (Fsp3) is 0.600. The van der Waals surface area contributed by atoms with Crippen LogP contribution in [0.3, 0.4) is 0 Å². The van der Waals surface area contributed by atoms with E-state index in [1.54, 1.807) is 6.20 Å². The van der Waals surface area contributed by atoms with Gasteiger partial charge in [0.15, 0.2) is 0 Å².